The smallest absolute Gasteiger partial charge is 0.272 e. The lowest BCUT2D eigenvalue weighted by Crippen LogP contribution is -2.36. The number of rotatable bonds is 5. The van der Waals surface area contributed by atoms with Crippen LogP contribution in [0.25, 0.3) is 11.3 Å². The van der Waals surface area contributed by atoms with E-state index in [0.717, 1.165) is 37.1 Å². The molecule has 152 valence electrons. The van der Waals surface area contributed by atoms with Crippen LogP contribution in [0, 0.1) is 12.7 Å². The molecule has 4 rings (SSSR count). The molecule has 3 aromatic rings. The molecule has 29 heavy (non-hydrogen) atoms. The zero-order valence-electron chi connectivity index (χ0n) is 16.6. The molecule has 0 saturated carbocycles. The fourth-order valence-electron chi connectivity index (χ4n) is 3.63. The fraction of sp³-hybridized carbons (Fsp3) is 0.381. The number of benzene rings is 1. The van der Waals surface area contributed by atoms with E-state index in [9.17, 15) is 9.18 Å². The van der Waals surface area contributed by atoms with Gasteiger partial charge in [0.2, 0.25) is 0 Å². The number of amides is 1. The Bertz CT molecular complexity index is 1000. The van der Waals surface area contributed by atoms with Crippen LogP contribution < -0.4 is 5.32 Å². The highest BCUT2D eigenvalue weighted by Gasteiger charge is 2.22. The van der Waals surface area contributed by atoms with Gasteiger partial charge in [0.1, 0.15) is 28.8 Å². The number of aryl methyl sites for hydroxylation is 2. The van der Waals surface area contributed by atoms with E-state index in [1.54, 1.807) is 29.9 Å². The van der Waals surface area contributed by atoms with Crippen LogP contribution >= 0.6 is 0 Å². The van der Waals surface area contributed by atoms with Crippen LogP contribution in [0.2, 0.25) is 0 Å². The summed E-state index contributed by atoms with van der Waals surface area (Å²) in [5.41, 5.74) is 2.87. The highest BCUT2D eigenvalue weighted by atomic mass is 19.1. The Hall–Kier alpha value is -3.16. The van der Waals surface area contributed by atoms with Crippen molar-refractivity contribution >= 4 is 11.7 Å². The first-order chi connectivity index (χ1) is 14.0. The van der Waals surface area contributed by atoms with E-state index < -0.39 is 0 Å². The largest absolute Gasteiger partial charge is 0.364 e. The predicted molar refractivity (Wildman–Crippen MR) is 107 cm³/mol. The summed E-state index contributed by atoms with van der Waals surface area (Å²) in [4.78, 5) is 14.7. The van der Waals surface area contributed by atoms with Crippen LogP contribution in [-0.2, 0) is 13.6 Å². The van der Waals surface area contributed by atoms with Crippen LogP contribution in [0.1, 0.15) is 41.1 Å². The normalized spacial score (nSPS) is 14.2. The topological polar surface area (TPSA) is 76.2 Å². The van der Waals surface area contributed by atoms with E-state index in [0.29, 0.717) is 29.5 Å². The van der Waals surface area contributed by atoms with Crippen molar-refractivity contribution in [3.05, 3.63) is 53.2 Å². The Morgan fingerprint density at radius 3 is 2.66 bits per heavy atom. The van der Waals surface area contributed by atoms with Gasteiger partial charge in [0.05, 0.1) is 0 Å². The third kappa shape index (κ3) is 4.01. The number of aromatic nitrogens is 3. The lowest BCUT2D eigenvalue weighted by molar-refractivity contribution is 0.0713. The molecule has 0 bridgehead atoms. The highest BCUT2D eigenvalue weighted by molar-refractivity contribution is 5.93. The van der Waals surface area contributed by atoms with Gasteiger partial charge in [0, 0.05) is 43.9 Å². The van der Waals surface area contributed by atoms with Gasteiger partial charge in [-0.25, -0.2) is 4.39 Å². The summed E-state index contributed by atoms with van der Waals surface area (Å²) in [5, 5.41) is 11.8. The zero-order chi connectivity index (χ0) is 20.4. The number of halogens is 1. The van der Waals surface area contributed by atoms with Gasteiger partial charge in [-0.15, -0.1) is 0 Å². The Morgan fingerprint density at radius 2 is 1.93 bits per heavy atom. The van der Waals surface area contributed by atoms with Gasteiger partial charge < -0.3 is 14.7 Å². The number of hydrogen-bond acceptors (Lipinski definition) is 5. The summed E-state index contributed by atoms with van der Waals surface area (Å²) < 4.78 is 20.2. The highest BCUT2D eigenvalue weighted by Crippen LogP contribution is 2.26. The molecule has 1 aliphatic rings. The molecule has 3 heterocycles. The molecule has 0 aliphatic carbocycles. The van der Waals surface area contributed by atoms with Crippen LogP contribution in [0.15, 0.2) is 34.9 Å². The van der Waals surface area contributed by atoms with Crippen LogP contribution in [0.4, 0.5) is 10.2 Å². The molecule has 1 N–H and O–H groups in total. The number of nitrogens with one attached hydrogen (secondary N) is 1. The maximum atomic E-state index is 13.2. The number of anilines is 1. The van der Waals surface area contributed by atoms with E-state index in [1.165, 1.54) is 18.6 Å². The molecule has 1 saturated heterocycles. The molecule has 8 heteroatoms. The summed E-state index contributed by atoms with van der Waals surface area (Å²) in [6.45, 7) is 3.86. The van der Waals surface area contributed by atoms with Crippen molar-refractivity contribution < 1.29 is 13.7 Å². The van der Waals surface area contributed by atoms with Crippen molar-refractivity contribution in [1.29, 1.82) is 0 Å². The Kier molecular flexibility index (Phi) is 5.33. The number of nitrogens with zero attached hydrogens (tertiary/aromatic N) is 4. The average molecular weight is 397 g/mol. The summed E-state index contributed by atoms with van der Waals surface area (Å²) in [6, 6.07) is 7.91. The molecular formula is C21H24FN5O2. The molecule has 1 aromatic carbocycles. The SMILES string of the molecule is Cc1onc(-c2ccc(F)cc2)c1CNc1cc(C(=O)N2CCCCC2)n(C)n1. The summed E-state index contributed by atoms with van der Waals surface area (Å²) >= 11 is 0. The molecular weight excluding hydrogens is 373 g/mol. The van der Waals surface area contributed by atoms with E-state index >= 15 is 0 Å². The van der Waals surface area contributed by atoms with Crippen molar-refractivity contribution in [3.63, 3.8) is 0 Å². The first-order valence-corrected chi connectivity index (χ1v) is 9.81. The Balaban J connectivity index is 1.49. The first kappa shape index (κ1) is 19.2. The Morgan fingerprint density at radius 1 is 1.21 bits per heavy atom. The standard InChI is InChI=1S/C21H24FN5O2/c1-14-17(20(25-29-14)15-6-8-16(22)9-7-15)13-23-19-12-18(26(2)24-19)21(28)27-10-4-3-5-11-27/h6-9,12H,3-5,10-11,13H2,1-2H3,(H,23,24). The summed E-state index contributed by atoms with van der Waals surface area (Å²) in [7, 11) is 1.77. The molecule has 1 aliphatic heterocycles. The Labute approximate surface area is 168 Å². The van der Waals surface area contributed by atoms with Crippen LogP contribution in [0.5, 0.6) is 0 Å². The van der Waals surface area contributed by atoms with E-state index in [-0.39, 0.29) is 11.7 Å². The zero-order valence-corrected chi connectivity index (χ0v) is 16.6. The molecule has 1 amide bonds. The maximum Gasteiger partial charge on any atom is 0.272 e. The minimum absolute atomic E-state index is 0.0147. The number of carbonyl (C=O) groups is 1. The average Bonchev–Trinajstić information content (AvgIpc) is 3.29. The van der Waals surface area contributed by atoms with Gasteiger partial charge in [-0.2, -0.15) is 5.10 Å². The van der Waals surface area contributed by atoms with Gasteiger partial charge in [-0.1, -0.05) is 5.16 Å². The summed E-state index contributed by atoms with van der Waals surface area (Å²) in [5.74, 6) is 1.00. The molecule has 0 radical (unpaired) electrons. The molecule has 0 atom stereocenters. The number of likely N-dealkylation sites (tertiary alicyclic amines) is 1. The van der Waals surface area contributed by atoms with E-state index in [1.807, 2.05) is 11.8 Å². The van der Waals surface area contributed by atoms with Crippen LogP contribution in [-0.4, -0.2) is 38.8 Å². The van der Waals surface area contributed by atoms with Gasteiger partial charge >= 0.3 is 0 Å². The van der Waals surface area contributed by atoms with Gasteiger partial charge in [0.15, 0.2) is 0 Å². The van der Waals surface area contributed by atoms with Gasteiger partial charge in [-0.3, -0.25) is 9.48 Å². The van der Waals surface area contributed by atoms with Crippen molar-refractivity contribution in [3.8, 4) is 11.3 Å². The number of hydrogen-bond donors (Lipinski definition) is 1. The molecule has 7 nitrogen and oxygen atoms in total. The fourth-order valence-corrected chi connectivity index (χ4v) is 3.63. The van der Waals surface area contributed by atoms with E-state index in [2.05, 4.69) is 15.6 Å². The van der Waals surface area contributed by atoms with Crippen LogP contribution in [0.3, 0.4) is 0 Å². The predicted octanol–water partition coefficient (Wildman–Crippen LogP) is 3.76. The molecule has 0 unspecified atom stereocenters. The molecule has 0 spiro atoms. The van der Waals surface area contributed by atoms with E-state index in [4.69, 9.17) is 4.52 Å². The first-order valence-electron chi connectivity index (χ1n) is 9.81. The second-order valence-electron chi connectivity index (χ2n) is 7.32. The quantitative estimate of drug-likeness (QED) is 0.709. The molecule has 1 fully saturated rings. The second kappa shape index (κ2) is 8.06. The third-order valence-electron chi connectivity index (χ3n) is 5.29. The second-order valence-corrected chi connectivity index (χ2v) is 7.32. The maximum absolute atomic E-state index is 13.2. The van der Waals surface area contributed by atoms with Gasteiger partial charge in [0.25, 0.3) is 5.91 Å². The number of piperidine rings is 1. The lowest BCUT2D eigenvalue weighted by Gasteiger charge is -2.26. The monoisotopic (exact) mass is 397 g/mol. The van der Waals surface area contributed by atoms with Crippen molar-refractivity contribution in [2.45, 2.75) is 32.7 Å². The van der Waals surface area contributed by atoms with Crippen molar-refractivity contribution in [1.82, 2.24) is 19.8 Å². The summed E-state index contributed by atoms with van der Waals surface area (Å²) in [6.07, 6.45) is 3.28. The van der Waals surface area contributed by atoms with Gasteiger partial charge in [-0.05, 0) is 50.5 Å². The molecule has 2 aromatic heterocycles. The minimum atomic E-state index is -0.298. The number of carbonyl (C=O) groups excluding carboxylic acids is 1. The minimum Gasteiger partial charge on any atom is -0.364 e. The van der Waals surface area contributed by atoms with Crippen molar-refractivity contribution in [2.24, 2.45) is 7.05 Å². The lowest BCUT2D eigenvalue weighted by atomic mass is 10.1. The van der Waals surface area contributed by atoms with Crippen molar-refractivity contribution in [2.75, 3.05) is 18.4 Å². The third-order valence-corrected chi connectivity index (χ3v) is 5.29.